The van der Waals surface area contributed by atoms with E-state index in [9.17, 15) is 0 Å². The monoisotopic (exact) mass is 486 g/mol. The number of anilines is 4. The highest BCUT2D eigenvalue weighted by molar-refractivity contribution is 5.86. The summed E-state index contributed by atoms with van der Waals surface area (Å²) in [6.07, 6.45) is 3.76. The molecule has 1 N–H and O–H groups in total. The van der Waals surface area contributed by atoms with Crippen LogP contribution >= 0.6 is 0 Å². The molecule has 1 fully saturated rings. The van der Waals surface area contributed by atoms with E-state index in [1.165, 1.54) is 27.9 Å². The van der Waals surface area contributed by atoms with Crippen molar-refractivity contribution in [2.75, 3.05) is 41.3 Å². The Kier molecular flexibility index (Phi) is 6.15. The van der Waals surface area contributed by atoms with Gasteiger partial charge in [-0.3, -0.25) is 0 Å². The van der Waals surface area contributed by atoms with E-state index in [1.807, 2.05) is 24.5 Å². The molecule has 37 heavy (non-hydrogen) atoms. The Hall–Kier alpha value is -4.45. The van der Waals surface area contributed by atoms with Gasteiger partial charge in [-0.25, -0.2) is 15.0 Å². The zero-order valence-corrected chi connectivity index (χ0v) is 21.2. The van der Waals surface area contributed by atoms with E-state index in [0.717, 1.165) is 48.6 Å². The fraction of sp³-hybridized carbons (Fsp3) is 0.194. The van der Waals surface area contributed by atoms with Gasteiger partial charge in [0, 0.05) is 55.3 Å². The molecular formula is C31H30N6. The molecule has 0 atom stereocenters. The molecule has 3 aromatic carbocycles. The first-order chi connectivity index (χ1) is 18.1. The summed E-state index contributed by atoms with van der Waals surface area (Å²) in [5.74, 6) is 1.66. The predicted octanol–water partition coefficient (Wildman–Crippen LogP) is 6.38. The standard InChI is InChI=1S/C31H30N6/c1-22-6-5-7-23(2)30(22)24-9-14-28-25(20-24)21-33-31(35-28)34-26-10-12-27(13-11-26)36-16-18-37(19-17-36)29-8-3-4-15-32-29/h3-15,20-21H,16-19H2,1-2H3,(H,33,34,35). The van der Waals surface area contributed by atoms with Crippen molar-refractivity contribution in [1.29, 1.82) is 0 Å². The molecule has 0 radical (unpaired) electrons. The maximum atomic E-state index is 4.76. The number of nitrogens with zero attached hydrogens (tertiary/aromatic N) is 5. The summed E-state index contributed by atoms with van der Waals surface area (Å²) in [5, 5.41) is 4.40. The maximum absolute atomic E-state index is 4.76. The second-order valence-corrected chi connectivity index (χ2v) is 9.57. The summed E-state index contributed by atoms with van der Waals surface area (Å²) in [5.41, 5.74) is 8.16. The molecule has 2 aromatic heterocycles. The average molecular weight is 487 g/mol. The fourth-order valence-corrected chi connectivity index (χ4v) is 5.14. The molecule has 6 heteroatoms. The van der Waals surface area contributed by atoms with Crippen molar-refractivity contribution >= 4 is 34.0 Å². The van der Waals surface area contributed by atoms with E-state index < -0.39 is 0 Å². The average Bonchev–Trinajstić information content (AvgIpc) is 2.94. The summed E-state index contributed by atoms with van der Waals surface area (Å²) >= 11 is 0. The second kappa shape index (κ2) is 9.90. The molecule has 1 aliphatic heterocycles. The van der Waals surface area contributed by atoms with Gasteiger partial charge in [-0.2, -0.15) is 0 Å². The van der Waals surface area contributed by atoms with Crippen molar-refractivity contribution in [2.45, 2.75) is 13.8 Å². The molecule has 0 aliphatic carbocycles. The van der Waals surface area contributed by atoms with Crippen molar-refractivity contribution in [3.8, 4) is 11.1 Å². The van der Waals surface area contributed by atoms with Gasteiger partial charge in [-0.1, -0.05) is 30.3 Å². The van der Waals surface area contributed by atoms with Crippen LogP contribution in [0.25, 0.3) is 22.0 Å². The largest absolute Gasteiger partial charge is 0.368 e. The van der Waals surface area contributed by atoms with Crippen LogP contribution in [0, 0.1) is 13.8 Å². The Bertz CT molecular complexity index is 1500. The quantitative estimate of drug-likeness (QED) is 0.311. The number of benzene rings is 3. The van der Waals surface area contributed by atoms with E-state index >= 15 is 0 Å². The molecular weight excluding hydrogens is 456 g/mol. The summed E-state index contributed by atoms with van der Waals surface area (Å²) in [6.45, 7) is 8.19. The zero-order chi connectivity index (χ0) is 25.2. The van der Waals surface area contributed by atoms with Crippen molar-refractivity contribution in [3.63, 3.8) is 0 Å². The lowest BCUT2D eigenvalue weighted by atomic mass is 9.95. The zero-order valence-electron chi connectivity index (χ0n) is 21.2. The van der Waals surface area contributed by atoms with Crippen LogP contribution in [0.4, 0.5) is 23.1 Å². The number of hydrogen-bond acceptors (Lipinski definition) is 6. The second-order valence-electron chi connectivity index (χ2n) is 9.57. The molecule has 3 heterocycles. The number of fused-ring (bicyclic) bond motifs is 1. The van der Waals surface area contributed by atoms with E-state index in [4.69, 9.17) is 4.98 Å². The molecule has 1 aliphatic rings. The number of nitrogens with one attached hydrogen (secondary N) is 1. The van der Waals surface area contributed by atoms with Gasteiger partial charge < -0.3 is 15.1 Å². The van der Waals surface area contributed by atoms with Crippen molar-refractivity contribution < 1.29 is 0 Å². The minimum atomic E-state index is 0.601. The Morgan fingerprint density at radius 3 is 2.22 bits per heavy atom. The van der Waals surface area contributed by atoms with Crippen LogP contribution in [0.2, 0.25) is 0 Å². The first kappa shape index (κ1) is 23.0. The van der Waals surface area contributed by atoms with Gasteiger partial charge in [-0.15, -0.1) is 0 Å². The van der Waals surface area contributed by atoms with E-state index in [2.05, 4.69) is 106 Å². The fourth-order valence-electron chi connectivity index (χ4n) is 5.14. The topological polar surface area (TPSA) is 57.2 Å². The summed E-state index contributed by atoms with van der Waals surface area (Å²) < 4.78 is 0. The van der Waals surface area contributed by atoms with Crippen LogP contribution in [0.15, 0.2) is 91.3 Å². The highest BCUT2D eigenvalue weighted by Gasteiger charge is 2.18. The maximum Gasteiger partial charge on any atom is 0.227 e. The Balaban J connectivity index is 1.13. The molecule has 0 unspecified atom stereocenters. The number of pyridine rings is 1. The number of hydrogen-bond donors (Lipinski definition) is 1. The van der Waals surface area contributed by atoms with Crippen LogP contribution in [-0.4, -0.2) is 41.1 Å². The third-order valence-electron chi connectivity index (χ3n) is 7.09. The molecule has 0 bridgehead atoms. The van der Waals surface area contributed by atoms with E-state index in [-0.39, 0.29) is 0 Å². The molecule has 0 amide bonds. The van der Waals surface area contributed by atoms with Crippen molar-refractivity contribution in [3.05, 3.63) is 102 Å². The number of aryl methyl sites for hydroxylation is 2. The van der Waals surface area contributed by atoms with Crippen LogP contribution < -0.4 is 15.1 Å². The lowest BCUT2D eigenvalue weighted by molar-refractivity contribution is 0.647. The SMILES string of the molecule is Cc1cccc(C)c1-c1ccc2nc(Nc3ccc(N4CCN(c5ccccn5)CC4)cc3)ncc2c1. The minimum absolute atomic E-state index is 0.601. The third kappa shape index (κ3) is 4.83. The number of piperazine rings is 1. The highest BCUT2D eigenvalue weighted by Crippen LogP contribution is 2.30. The molecule has 0 spiro atoms. The Morgan fingerprint density at radius 1 is 0.730 bits per heavy atom. The minimum Gasteiger partial charge on any atom is -0.368 e. The van der Waals surface area contributed by atoms with Crippen molar-refractivity contribution in [1.82, 2.24) is 15.0 Å². The van der Waals surface area contributed by atoms with Crippen molar-refractivity contribution in [2.24, 2.45) is 0 Å². The van der Waals surface area contributed by atoms with Gasteiger partial charge in [0.25, 0.3) is 0 Å². The molecule has 5 aromatic rings. The van der Waals surface area contributed by atoms with Gasteiger partial charge in [0.15, 0.2) is 0 Å². The molecule has 6 nitrogen and oxygen atoms in total. The van der Waals surface area contributed by atoms with Gasteiger partial charge in [-0.05, 0) is 84.6 Å². The molecule has 0 saturated carbocycles. The van der Waals surface area contributed by atoms with Gasteiger partial charge in [0.1, 0.15) is 5.82 Å². The normalized spacial score (nSPS) is 13.7. The summed E-state index contributed by atoms with van der Waals surface area (Å²) in [6, 6.07) is 27.4. The van der Waals surface area contributed by atoms with Crippen LogP contribution in [0.5, 0.6) is 0 Å². The van der Waals surface area contributed by atoms with E-state index in [1.54, 1.807) is 0 Å². The van der Waals surface area contributed by atoms with Crippen LogP contribution in [0.1, 0.15) is 11.1 Å². The summed E-state index contributed by atoms with van der Waals surface area (Å²) in [4.78, 5) is 18.6. The molecule has 184 valence electrons. The number of rotatable bonds is 5. The van der Waals surface area contributed by atoms with E-state index in [0.29, 0.717) is 5.95 Å². The Labute approximate surface area is 217 Å². The number of aromatic nitrogens is 3. The Morgan fingerprint density at radius 2 is 1.49 bits per heavy atom. The summed E-state index contributed by atoms with van der Waals surface area (Å²) in [7, 11) is 0. The third-order valence-corrected chi connectivity index (χ3v) is 7.09. The van der Waals surface area contributed by atoms with Crippen LogP contribution in [-0.2, 0) is 0 Å². The molecule has 1 saturated heterocycles. The lowest BCUT2D eigenvalue weighted by Crippen LogP contribution is -2.46. The highest BCUT2D eigenvalue weighted by atomic mass is 15.3. The smallest absolute Gasteiger partial charge is 0.227 e. The first-order valence-electron chi connectivity index (χ1n) is 12.8. The van der Waals surface area contributed by atoms with Gasteiger partial charge >= 0.3 is 0 Å². The van der Waals surface area contributed by atoms with Crippen LogP contribution in [0.3, 0.4) is 0 Å². The molecule has 6 rings (SSSR count). The van der Waals surface area contributed by atoms with Gasteiger partial charge in [0.05, 0.1) is 5.52 Å². The van der Waals surface area contributed by atoms with Gasteiger partial charge in [0.2, 0.25) is 5.95 Å². The predicted molar refractivity (Wildman–Crippen MR) is 153 cm³/mol. The lowest BCUT2D eigenvalue weighted by Gasteiger charge is -2.36. The first-order valence-corrected chi connectivity index (χ1v) is 12.8.